The number of hydrogen-bond donors (Lipinski definition) is 1. The van der Waals surface area contributed by atoms with E-state index in [1.807, 2.05) is 24.3 Å². The van der Waals surface area contributed by atoms with Crippen molar-refractivity contribution in [2.75, 3.05) is 0 Å². The molecule has 0 heterocycles. The standard InChI is InChI=1S/C13H14ClNO/c14-12-7-5-10(6-8-12)9-11-3-1-2-4-13(11)15-16/h5-9,16H,1-4H2. The molecule has 16 heavy (non-hydrogen) atoms. The van der Waals surface area contributed by atoms with Gasteiger partial charge in [-0.15, -0.1) is 0 Å². The second-order valence-electron chi connectivity index (χ2n) is 3.97. The van der Waals surface area contributed by atoms with Crippen LogP contribution >= 0.6 is 11.6 Å². The number of benzene rings is 1. The van der Waals surface area contributed by atoms with Gasteiger partial charge in [0, 0.05) is 5.02 Å². The molecule has 0 unspecified atom stereocenters. The molecule has 3 heteroatoms. The largest absolute Gasteiger partial charge is 0.411 e. The van der Waals surface area contributed by atoms with Gasteiger partial charge in [-0.1, -0.05) is 28.9 Å². The normalized spacial score (nSPS) is 21.6. The number of allylic oxidation sites excluding steroid dienone is 1. The molecule has 0 aliphatic heterocycles. The van der Waals surface area contributed by atoms with Gasteiger partial charge in [-0.05, 0) is 55.0 Å². The molecule has 84 valence electrons. The Labute approximate surface area is 100 Å². The van der Waals surface area contributed by atoms with Gasteiger partial charge >= 0.3 is 0 Å². The van der Waals surface area contributed by atoms with Gasteiger partial charge in [-0.25, -0.2) is 0 Å². The molecule has 0 spiro atoms. The molecule has 0 aromatic heterocycles. The van der Waals surface area contributed by atoms with Gasteiger partial charge in [0.05, 0.1) is 5.71 Å². The first-order chi connectivity index (χ1) is 7.79. The molecule has 1 saturated carbocycles. The van der Waals surface area contributed by atoms with Gasteiger partial charge in [-0.2, -0.15) is 0 Å². The van der Waals surface area contributed by atoms with Crippen molar-refractivity contribution in [2.45, 2.75) is 25.7 Å². The fourth-order valence-electron chi connectivity index (χ4n) is 1.94. The van der Waals surface area contributed by atoms with Crippen LogP contribution in [-0.4, -0.2) is 10.9 Å². The molecule has 1 fully saturated rings. The third-order valence-corrected chi connectivity index (χ3v) is 3.06. The second kappa shape index (κ2) is 5.17. The number of nitrogens with zero attached hydrogens (tertiary/aromatic N) is 1. The lowest BCUT2D eigenvalue weighted by molar-refractivity contribution is 0.316. The summed E-state index contributed by atoms with van der Waals surface area (Å²) in [4.78, 5) is 0. The molecule has 0 radical (unpaired) electrons. The van der Waals surface area contributed by atoms with E-state index in [0.717, 1.165) is 41.1 Å². The predicted octanol–water partition coefficient (Wildman–Crippen LogP) is 4.13. The fraction of sp³-hybridized carbons (Fsp3) is 0.308. The van der Waals surface area contributed by atoms with E-state index in [1.165, 1.54) is 6.42 Å². The van der Waals surface area contributed by atoms with Crippen LogP contribution in [-0.2, 0) is 0 Å². The summed E-state index contributed by atoms with van der Waals surface area (Å²) in [7, 11) is 0. The van der Waals surface area contributed by atoms with Gasteiger partial charge < -0.3 is 5.21 Å². The maximum Gasteiger partial charge on any atom is 0.0827 e. The zero-order valence-electron chi connectivity index (χ0n) is 8.99. The van der Waals surface area contributed by atoms with Crippen LogP contribution in [0, 0.1) is 0 Å². The number of hydrogen-bond acceptors (Lipinski definition) is 2. The summed E-state index contributed by atoms with van der Waals surface area (Å²) in [6.07, 6.45) is 6.21. The highest BCUT2D eigenvalue weighted by Gasteiger charge is 2.13. The van der Waals surface area contributed by atoms with Crippen molar-refractivity contribution in [1.82, 2.24) is 0 Å². The van der Waals surface area contributed by atoms with E-state index in [1.54, 1.807) is 0 Å². The van der Waals surface area contributed by atoms with Crippen LogP contribution in [0.2, 0.25) is 5.02 Å². The van der Waals surface area contributed by atoms with Crippen LogP contribution in [0.25, 0.3) is 6.08 Å². The quantitative estimate of drug-likeness (QED) is 0.576. The maximum absolute atomic E-state index is 8.91. The van der Waals surface area contributed by atoms with Crippen LogP contribution in [0.4, 0.5) is 0 Å². The van der Waals surface area contributed by atoms with Crippen LogP contribution in [0.3, 0.4) is 0 Å². The molecular formula is C13H14ClNO. The number of halogens is 1. The third kappa shape index (κ3) is 2.64. The Bertz CT molecular complexity index is 420. The smallest absolute Gasteiger partial charge is 0.0827 e. The van der Waals surface area contributed by atoms with E-state index in [9.17, 15) is 0 Å². The van der Waals surface area contributed by atoms with Crippen LogP contribution in [0.1, 0.15) is 31.2 Å². The van der Waals surface area contributed by atoms with Gasteiger partial charge in [0.25, 0.3) is 0 Å². The van der Waals surface area contributed by atoms with E-state index in [0.29, 0.717) is 0 Å². The minimum atomic E-state index is 0.738. The molecule has 0 saturated heterocycles. The Morgan fingerprint density at radius 3 is 2.50 bits per heavy atom. The Morgan fingerprint density at radius 2 is 1.81 bits per heavy atom. The lowest BCUT2D eigenvalue weighted by atomic mass is 9.91. The van der Waals surface area contributed by atoms with E-state index in [-0.39, 0.29) is 0 Å². The Balaban J connectivity index is 2.25. The topological polar surface area (TPSA) is 32.6 Å². The first-order valence-corrected chi connectivity index (χ1v) is 5.85. The predicted molar refractivity (Wildman–Crippen MR) is 67.1 cm³/mol. The fourth-order valence-corrected chi connectivity index (χ4v) is 2.07. The van der Waals surface area contributed by atoms with Crippen molar-refractivity contribution < 1.29 is 5.21 Å². The van der Waals surface area contributed by atoms with Gasteiger partial charge in [-0.3, -0.25) is 0 Å². The van der Waals surface area contributed by atoms with Crippen LogP contribution < -0.4 is 0 Å². The van der Waals surface area contributed by atoms with Crippen molar-refractivity contribution in [3.05, 3.63) is 40.4 Å². The van der Waals surface area contributed by atoms with Crippen molar-refractivity contribution in [2.24, 2.45) is 5.16 Å². The van der Waals surface area contributed by atoms with Gasteiger partial charge in [0.15, 0.2) is 0 Å². The van der Waals surface area contributed by atoms with Crippen LogP contribution in [0.15, 0.2) is 35.0 Å². The molecule has 1 aliphatic carbocycles. The third-order valence-electron chi connectivity index (χ3n) is 2.81. The zero-order valence-corrected chi connectivity index (χ0v) is 9.74. The summed E-state index contributed by atoms with van der Waals surface area (Å²) in [5.74, 6) is 0. The second-order valence-corrected chi connectivity index (χ2v) is 4.41. The zero-order chi connectivity index (χ0) is 11.4. The lowest BCUT2D eigenvalue weighted by Gasteiger charge is -2.15. The molecule has 2 rings (SSSR count). The summed E-state index contributed by atoms with van der Waals surface area (Å²) in [6, 6.07) is 7.68. The van der Waals surface area contributed by atoms with Crippen molar-refractivity contribution in [3.63, 3.8) is 0 Å². The first-order valence-electron chi connectivity index (χ1n) is 5.47. The highest BCUT2D eigenvalue weighted by atomic mass is 35.5. The summed E-state index contributed by atoms with van der Waals surface area (Å²) in [6.45, 7) is 0. The van der Waals surface area contributed by atoms with Gasteiger partial charge in [0.1, 0.15) is 0 Å². The van der Waals surface area contributed by atoms with E-state index >= 15 is 0 Å². The summed E-state index contributed by atoms with van der Waals surface area (Å²) < 4.78 is 0. The highest BCUT2D eigenvalue weighted by Crippen LogP contribution is 2.23. The maximum atomic E-state index is 8.91. The number of rotatable bonds is 1. The Morgan fingerprint density at radius 1 is 1.12 bits per heavy atom. The highest BCUT2D eigenvalue weighted by molar-refractivity contribution is 6.30. The molecule has 0 bridgehead atoms. The summed E-state index contributed by atoms with van der Waals surface area (Å²) >= 11 is 5.83. The molecule has 0 atom stereocenters. The minimum Gasteiger partial charge on any atom is -0.411 e. The Kier molecular flexibility index (Phi) is 3.62. The SMILES string of the molecule is ON=C1CCCCC1=Cc1ccc(Cl)cc1. The lowest BCUT2D eigenvalue weighted by Crippen LogP contribution is -2.08. The van der Waals surface area contributed by atoms with Crippen LogP contribution in [0.5, 0.6) is 0 Å². The molecule has 1 aliphatic rings. The molecular weight excluding hydrogens is 222 g/mol. The monoisotopic (exact) mass is 235 g/mol. The van der Waals surface area contributed by atoms with E-state index < -0.39 is 0 Å². The number of oxime groups is 1. The molecule has 0 amide bonds. The van der Waals surface area contributed by atoms with E-state index in [2.05, 4.69) is 11.2 Å². The minimum absolute atomic E-state index is 0.738. The van der Waals surface area contributed by atoms with Crippen molar-refractivity contribution in [1.29, 1.82) is 0 Å². The van der Waals surface area contributed by atoms with Crippen molar-refractivity contribution in [3.8, 4) is 0 Å². The first kappa shape index (κ1) is 11.2. The van der Waals surface area contributed by atoms with Crippen molar-refractivity contribution >= 4 is 23.4 Å². The molecule has 1 N–H and O–H groups in total. The molecule has 2 nitrogen and oxygen atoms in total. The average molecular weight is 236 g/mol. The van der Waals surface area contributed by atoms with E-state index in [4.69, 9.17) is 16.8 Å². The molecule has 1 aromatic rings. The molecule has 1 aromatic carbocycles. The summed E-state index contributed by atoms with van der Waals surface area (Å²) in [5.41, 5.74) is 3.06. The average Bonchev–Trinajstić information content (AvgIpc) is 2.33. The Hall–Kier alpha value is -1.28. The van der Waals surface area contributed by atoms with Gasteiger partial charge in [0.2, 0.25) is 0 Å². The summed E-state index contributed by atoms with van der Waals surface area (Å²) in [5, 5.41) is 13.0.